The molecule has 0 unspecified atom stereocenters. The van der Waals surface area contributed by atoms with Gasteiger partial charge in [0.2, 0.25) is 0 Å². The normalized spacial score (nSPS) is 15.9. The van der Waals surface area contributed by atoms with Crippen LogP contribution in [0.15, 0.2) is 42.0 Å². The summed E-state index contributed by atoms with van der Waals surface area (Å²) in [6, 6.07) is 12.3. The van der Waals surface area contributed by atoms with Gasteiger partial charge in [0.25, 0.3) is 5.91 Å². The minimum atomic E-state index is -0.0724. The SMILES string of the molecule is CCCCCCOc1ccc2ccccc2c1/C=C1\CNNC1=O. The molecule has 1 saturated heterocycles. The van der Waals surface area contributed by atoms with Crippen LogP contribution in [0.1, 0.15) is 38.2 Å². The van der Waals surface area contributed by atoms with Gasteiger partial charge in [0.05, 0.1) is 6.61 Å². The molecule has 0 radical (unpaired) electrons. The van der Waals surface area contributed by atoms with Gasteiger partial charge in [-0.2, -0.15) is 0 Å². The van der Waals surface area contributed by atoms with Crippen LogP contribution in [-0.4, -0.2) is 19.1 Å². The molecule has 2 aromatic rings. The molecule has 4 heteroatoms. The molecule has 1 aliphatic rings. The van der Waals surface area contributed by atoms with Crippen molar-refractivity contribution in [1.82, 2.24) is 10.9 Å². The molecule has 4 nitrogen and oxygen atoms in total. The number of hydrogen-bond acceptors (Lipinski definition) is 3. The van der Waals surface area contributed by atoms with Gasteiger partial charge < -0.3 is 4.74 Å². The van der Waals surface area contributed by atoms with E-state index in [1.807, 2.05) is 24.3 Å². The van der Waals surface area contributed by atoms with E-state index < -0.39 is 0 Å². The molecule has 1 amide bonds. The first kappa shape index (κ1) is 16.5. The molecular weight excluding hydrogens is 300 g/mol. The Morgan fingerprint density at radius 1 is 1.12 bits per heavy atom. The summed E-state index contributed by atoms with van der Waals surface area (Å²) in [6.07, 6.45) is 6.64. The molecule has 126 valence electrons. The molecule has 0 atom stereocenters. The van der Waals surface area contributed by atoms with E-state index in [1.54, 1.807) is 0 Å². The summed E-state index contributed by atoms with van der Waals surface area (Å²) in [5.41, 5.74) is 7.20. The van der Waals surface area contributed by atoms with Crippen LogP contribution >= 0.6 is 0 Å². The molecule has 1 heterocycles. The number of hydrazine groups is 1. The molecule has 0 aromatic heterocycles. The van der Waals surface area contributed by atoms with Crippen molar-refractivity contribution in [3.05, 3.63) is 47.5 Å². The fraction of sp³-hybridized carbons (Fsp3) is 0.350. The van der Waals surface area contributed by atoms with Crippen LogP contribution in [0, 0.1) is 0 Å². The maximum atomic E-state index is 11.9. The number of nitrogens with one attached hydrogen (secondary N) is 2. The Morgan fingerprint density at radius 2 is 2.00 bits per heavy atom. The van der Waals surface area contributed by atoms with E-state index >= 15 is 0 Å². The van der Waals surface area contributed by atoms with Crippen molar-refractivity contribution in [2.45, 2.75) is 32.6 Å². The lowest BCUT2D eigenvalue weighted by molar-refractivity contribution is -0.116. The van der Waals surface area contributed by atoms with E-state index in [0.717, 1.165) is 34.1 Å². The lowest BCUT2D eigenvalue weighted by Gasteiger charge is -2.12. The second-order valence-electron chi connectivity index (χ2n) is 6.08. The van der Waals surface area contributed by atoms with E-state index in [1.165, 1.54) is 19.3 Å². The van der Waals surface area contributed by atoms with Crippen LogP contribution in [0.3, 0.4) is 0 Å². The van der Waals surface area contributed by atoms with E-state index in [0.29, 0.717) is 13.2 Å². The molecule has 1 fully saturated rings. The second-order valence-corrected chi connectivity index (χ2v) is 6.08. The van der Waals surface area contributed by atoms with Gasteiger partial charge in [-0.15, -0.1) is 0 Å². The van der Waals surface area contributed by atoms with Crippen LogP contribution in [0.2, 0.25) is 0 Å². The van der Waals surface area contributed by atoms with Crippen LogP contribution < -0.4 is 15.6 Å². The fourth-order valence-electron chi connectivity index (χ4n) is 2.93. The maximum Gasteiger partial charge on any atom is 0.262 e. The number of ether oxygens (including phenoxy) is 1. The van der Waals surface area contributed by atoms with Crippen LogP contribution in [-0.2, 0) is 4.79 Å². The number of benzene rings is 2. The minimum Gasteiger partial charge on any atom is -0.493 e. The summed E-state index contributed by atoms with van der Waals surface area (Å²) in [6.45, 7) is 3.44. The largest absolute Gasteiger partial charge is 0.493 e. The highest BCUT2D eigenvalue weighted by Gasteiger charge is 2.17. The van der Waals surface area contributed by atoms with Crippen LogP contribution in [0.5, 0.6) is 5.75 Å². The number of rotatable bonds is 7. The van der Waals surface area contributed by atoms with Crippen molar-refractivity contribution in [3.63, 3.8) is 0 Å². The van der Waals surface area contributed by atoms with Gasteiger partial charge in [0.1, 0.15) is 5.75 Å². The number of carbonyl (C=O) groups is 1. The average molecular weight is 324 g/mol. The molecule has 0 saturated carbocycles. The molecule has 0 spiro atoms. The zero-order chi connectivity index (χ0) is 16.8. The fourth-order valence-corrected chi connectivity index (χ4v) is 2.93. The average Bonchev–Trinajstić information content (AvgIpc) is 3.01. The number of unbranched alkanes of at least 4 members (excludes halogenated alkanes) is 3. The van der Waals surface area contributed by atoms with Crippen LogP contribution in [0.25, 0.3) is 16.8 Å². The zero-order valence-corrected chi connectivity index (χ0v) is 14.1. The van der Waals surface area contributed by atoms with E-state index in [4.69, 9.17) is 4.74 Å². The summed E-state index contributed by atoms with van der Waals surface area (Å²) in [4.78, 5) is 11.9. The van der Waals surface area contributed by atoms with E-state index in [-0.39, 0.29) is 5.91 Å². The number of hydrogen-bond donors (Lipinski definition) is 2. The highest BCUT2D eigenvalue weighted by atomic mass is 16.5. The minimum absolute atomic E-state index is 0.0724. The third-order valence-electron chi connectivity index (χ3n) is 4.28. The van der Waals surface area contributed by atoms with Gasteiger partial charge in [0, 0.05) is 17.7 Å². The van der Waals surface area contributed by atoms with Crippen LogP contribution in [0.4, 0.5) is 0 Å². The third-order valence-corrected chi connectivity index (χ3v) is 4.28. The molecular formula is C20H24N2O2. The van der Waals surface area contributed by atoms with Crippen molar-refractivity contribution in [2.75, 3.05) is 13.2 Å². The van der Waals surface area contributed by atoms with Crippen molar-refractivity contribution >= 4 is 22.8 Å². The van der Waals surface area contributed by atoms with E-state index in [2.05, 4.69) is 36.0 Å². The van der Waals surface area contributed by atoms with Crippen molar-refractivity contribution in [3.8, 4) is 5.75 Å². The number of carbonyl (C=O) groups excluding carboxylic acids is 1. The molecule has 0 bridgehead atoms. The zero-order valence-electron chi connectivity index (χ0n) is 14.1. The standard InChI is InChI=1S/C20H24N2O2/c1-2-3-4-7-12-24-19-11-10-15-8-5-6-9-17(15)18(19)13-16-14-21-22-20(16)23/h5-6,8-11,13,21H,2-4,7,12,14H2,1H3,(H,22,23)/b16-13+. The summed E-state index contributed by atoms with van der Waals surface area (Å²) >= 11 is 0. The van der Waals surface area contributed by atoms with Gasteiger partial charge >= 0.3 is 0 Å². The Hall–Kier alpha value is -2.33. The Morgan fingerprint density at radius 3 is 2.79 bits per heavy atom. The summed E-state index contributed by atoms with van der Waals surface area (Å²) in [5, 5.41) is 2.25. The Labute approximate surface area is 142 Å². The molecule has 1 aliphatic heterocycles. The molecule has 2 N–H and O–H groups in total. The molecule has 2 aromatic carbocycles. The Bertz CT molecular complexity index is 752. The highest BCUT2D eigenvalue weighted by molar-refractivity contribution is 6.03. The van der Waals surface area contributed by atoms with Gasteiger partial charge in [-0.05, 0) is 29.3 Å². The Kier molecular flexibility index (Phi) is 5.49. The van der Waals surface area contributed by atoms with Gasteiger partial charge in [-0.1, -0.05) is 56.5 Å². The molecule has 3 rings (SSSR count). The Balaban J connectivity index is 1.90. The lowest BCUT2D eigenvalue weighted by atomic mass is 10.0. The smallest absolute Gasteiger partial charge is 0.262 e. The van der Waals surface area contributed by atoms with Gasteiger partial charge in [-0.3, -0.25) is 10.2 Å². The summed E-state index contributed by atoms with van der Waals surface area (Å²) in [7, 11) is 0. The summed E-state index contributed by atoms with van der Waals surface area (Å²) < 4.78 is 6.04. The maximum absolute atomic E-state index is 11.9. The highest BCUT2D eigenvalue weighted by Crippen LogP contribution is 2.30. The molecule has 24 heavy (non-hydrogen) atoms. The van der Waals surface area contributed by atoms with Crippen molar-refractivity contribution in [2.24, 2.45) is 0 Å². The predicted octanol–water partition coefficient (Wildman–Crippen LogP) is 3.82. The lowest BCUT2D eigenvalue weighted by Crippen LogP contribution is -2.25. The van der Waals surface area contributed by atoms with Crippen molar-refractivity contribution < 1.29 is 9.53 Å². The topological polar surface area (TPSA) is 50.4 Å². The predicted molar refractivity (Wildman–Crippen MR) is 97.7 cm³/mol. The van der Waals surface area contributed by atoms with Gasteiger partial charge in [-0.25, -0.2) is 5.43 Å². The van der Waals surface area contributed by atoms with Crippen molar-refractivity contribution in [1.29, 1.82) is 0 Å². The first-order valence-corrected chi connectivity index (χ1v) is 8.68. The monoisotopic (exact) mass is 324 g/mol. The molecule has 0 aliphatic carbocycles. The third kappa shape index (κ3) is 3.77. The second kappa shape index (κ2) is 7.97. The first-order valence-electron chi connectivity index (χ1n) is 8.68. The van der Waals surface area contributed by atoms with Gasteiger partial charge in [0.15, 0.2) is 0 Å². The number of amides is 1. The van der Waals surface area contributed by atoms with E-state index in [9.17, 15) is 4.79 Å². The first-order chi connectivity index (χ1) is 11.8. The quantitative estimate of drug-likeness (QED) is 0.601. The number of fused-ring (bicyclic) bond motifs is 1. The summed E-state index contributed by atoms with van der Waals surface area (Å²) in [5.74, 6) is 0.772.